The van der Waals surface area contributed by atoms with Crippen molar-refractivity contribution < 1.29 is 27.4 Å². The summed E-state index contributed by atoms with van der Waals surface area (Å²) in [7, 11) is 1.52. The Kier molecular flexibility index (Phi) is 6.17. The van der Waals surface area contributed by atoms with E-state index in [0.717, 1.165) is 4.68 Å². The highest BCUT2D eigenvalue weighted by Gasteiger charge is 2.30. The second kappa shape index (κ2) is 9.03. The number of nitrogens with one attached hydrogen (secondary N) is 1. The highest BCUT2D eigenvalue weighted by molar-refractivity contribution is 5.98. The van der Waals surface area contributed by atoms with Crippen LogP contribution < -0.4 is 10.1 Å². The number of amides is 1. The van der Waals surface area contributed by atoms with Crippen LogP contribution in [0.5, 0.6) is 5.75 Å². The predicted molar refractivity (Wildman–Crippen MR) is 111 cm³/mol. The number of carbonyl (C=O) groups is 1. The first kappa shape index (κ1) is 21.9. The van der Waals surface area contributed by atoms with Crippen molar-refractivity contribution in [1.29, 1.82) is 0 Å². The Hall–Kier alpha value is -3.34. The molecule has 4 rings (SSSR count). The molecular weight excluding hydrogens is 427 g/mol. The molecule has 1 aromatic carbocycles. The molecule has 1 fully saturated rings. The Bertz CT molecular complexity index is 1110. The van der Waals surface area contributed by atoms with Crippen LogP contribution in [0.15, 0.2) is 36.5 Å². The number of alkyl halides is 3. The van der Waals surface area contributed by atoms with Crippen LogP contribution >= 0.6 is 0 Å². The minimum atomic E-state index is -4.48. The van der Waals surface area contributed by atoms with Crippen LogP contribution in [0.1, 0.15) is 16.9 Å². The van der Waals surface area contributed by atoms with Gasteiger partial charge in [-0.3, -0.25) is 14.5 Å². The van der Waals surface area contributed by atoms with E-state index in [2.05, 4.69) is 15.4 Å². The molecule has 0 bridgehead atoms. The number of rotatable bonds is 5. The maximum Gasteiger partial charge on any atom is 0.408 e. The largest absolute Gasteiger partial charge is 0.497 e. The number of anilines is 2. The number of nitrogens with zero attached hydrogens (tertiary/aromatic N) is 4. The number of benzene rings is 1. The van der Waals surface area contributed by atoms with E-state index in [9.17, 15) is 18.0 Å². The van der Waals surface area contributed by atoms with Crippen molar-refractivity contribution in [2.45, 2.75) is 19.1 Å². The topological polar surface area (TPSA) is 81.5 Å². The summed E-state index contributed by atoms with van der Waals surface area (Å²) in [5.74, 6) is 0.438. The fourth-order valence-electron chi connectivity index (χ4n) is 3.52. The van der Waals surface area contributed by atoms with E-state index in [-0.39, 0.29) is 22.9 Å². The van der Waals surface area contributed by atoms with Gasteiger partial charge in [0.1, 0.15) is 18.0 Å². The van der Waals surface area contributed by atoms with Crippen molar-refractivity contribution in [2.75, 3.05) is 38.7 Å². The first-order chi connectivity index (χ1) is 15.3. The first-order valence-corrected chi connectivity index (χ1v) is 10.1. The summed E-state index contributed by atoms with van der Waals surface area (Å²) in [6, 6.07) is 8.29. The third kappa shape index (κ3) is 4.93. The van der Waals surface area contributed by atoms with Crippen LogP contribution in [0.3, 0.4) is 0 Å². The van der Waals surface area contributed by atoms with Crippen LogP contribution in [0.25, 0.3) is 10.9 Å². The molecule has 170 valence electrons. The Morgan fingerprint density at radius 3 is 2.88 bits per heavy atom. The molecule has 1 amide bonds. The average Bonchev–Trinajstić information content (AvgIpc) is 2.94. The number of carbonyl (C=O) groups excluding carboxylic acids is 1. The molecule has 32 heavy (non-hydrogen) atoms. The average molecular weight is 449 g/mol. The lowest BCUT2D eigenvalue weighted by Crippen LogP contribution is -2.33. The van der Waals surface area contributed by atoms with E-state index in [4.69, 9.17) is 9.47 Å². The van der Waals surface area contributed by atoms with Crippen molar-refractivity contribution in [3.63, 3.8) is 0 Å². The van der Waals surface area contributed by atoms with E-state index >= 15 is 0 Å². The van der Waals surface area contributed by atoms with Crippen LogP contribution in [-0.2, 0) is 11.3 Å². The lowest BCUT2D eigenvalue weighted by molar-refractivity contribution is -0.141. The van der Waals surface area contributed by atoms with Crippen LogP contribution in [0, 0.1) is 0 Å². The van der Waals surface area contributed by atoms with Gasteiger partial charge in [0.2, 0.25) is 0 Å². The molecule has 1 N–H and O–H groups in total. The summed E-state index contributed by atoms with van der Waals surface area (Å²) in [5, 5.41) is 7.50. The van der Waals surface area contributed by atoms with Gasteiger partial charge in [-0.2, -0.15) is 18.3 Å². The monoisotopic (exact) mass is 449 g/mol. The summed E-state index contributed by atoms with van der Waals surface area (Å²) < 4.78 is 51.0. The minimum absolute atomic E-state index is 0.0654. The van der Waals surface area contributed by atoms with E-state index < -0.39 is 12.7 Å². The quantitative estimate of drug-likeness (QED) is 0.641. The Morgan fingerprint density at radius 1 is 1.25 bits per heavy atom. The molecule has 1 aliphatic heterocycles. The van der Waals surface area contributed by atoms with Gasteiger partial charge in [-0.15, -0.1) is 0 Å². The molecule has 0 atom stereocenters. The molecule has 8 nitrogen and oxygen atoms in total. The van der Waals surface area contributed by atoms with Gasteiger partial charge >= 0.3 is 6.18 Å². The molecule has 0 saturated carbocycles. The second-order valence-corrected chi connectivity index (χ2v) is 7.32. The number of methoxy groups -OCH3 is 1. The number of hydrogen-bond donors (Lipinski definition) is 1. The van der Waals surface area contributed by atoms with Gasteiger partial charge in [0.25, 0.3) is 5.91 Å². The standard InChI is InChI=1S/C21H22F3N5O3/c1-31-15-5-2-4-14(10-15)26-19-16-12-25-17(20(30)28-6-3-8-32-9-7-28)11-18(16)29(27-19)13-21(22,23)24/h2,4-5,10-12H,3,6-9,13H2,1H3,(H,26,27). The summed E-state index contributed by atoms with van der Waals surface area (Å²) in [4.78, 5) is 18.7. The molecule has 3 heterocycles. The van der Waals surface area contributed by atoms with Crippen molar-refractivity contribution in [3.8, 4) is 5.75 Å². The molecule has 0 unspecified atom stereocenters. The summed E-state index contributed by atoms with van der Waals surface area (Å²) in [6.45, 7) is 0.590. The molecule has 1 aliphatic rings. The van der Waals surface area contributed by atoms with E-state index in [1.165, 1.54) is 19.4 Å². The summed E-state index contributed by atoms with van der Waals surface area (Å²) in [5.41, 5.74) is 0.820. The van der Waals surface area contributed by atoms with Gasteiger partial charge in [0.15, 0.2) is 5.82 Å². The van der Waals surface area contributed by atoms with Gasteiger partial charge in [-0.05, 0) is 24.6 Å². The zero-order chi connectivity index (χ0) is 22.7. The number of hydrogen-bond acceptors (Lipinski definition) is 6. The number of fused-ring (bicyclic) bond motifs is 1. The van der Waals surface area contributed by atoms with Gasteiger partial charge < -0.3 is 19.7 Å². The number of halogens is 3. The Morgan fingerprint density at radius 2 is 2.09 bits per heavy atom. The Balaban J connectivity index is 1.71. The number of aromatic nitrogens is 3. The predicted octanol–water partition coefficient (Wildman–Crippen LogP) is 3.61. The lowest BCUT2D eigenvalue weighted by Gasteiger charge is -2.19. The smallest absolute Gasteiger partial charge is 0.408 e. The van der Waals surface area contributed by atoms with Gasteiger partial charge in [-0.1, -0.05) is 6.07 Å². The molecule has 0 spiro atoms. The third-order valence-corrected chi connectivity index (χ3v) is 5.03. The molecule has 1 saturated heterocycles. The molecule has 3 aromatic rings. The van der Waals surface area contributed by atoms with E-state index in [1.54, 1.807) is 29.2 Å². The van der Waals surface area contributed by atoms with E-state index in [1.807, 2.05) is 0 Å². The van der Waals surface area contributed by atoms with Crippen molar-refractivity contribution in [2.24, 2.45) is 0 Å². The first-order valence-electron chi connectivity index (χ1n) is 10.1. The maximum absolute atomic E-state index is 13.2. The molecule has 11 heteroatoms. The minimum Gasteiger partial charge on any atom is -0.497 e. The highest BCUT2D eigenvalue weighted by Crippen LogP contribution is 2.30. The Labute approximate surface area is 181 Å². The number of pyridine rings is 1. The number of ether oxygens (including phenoxy) is 2. The van der Waals surface area contributed by atoms with Crippen LogP contribution in [-0.4, -0.2) is 65.2 Å². The van der Waals surface area contributed by atoms with Gasteiger partial charge in [0.05, 0.1) is 24.6 Å². The maximum atomic E-state index is 13.2. The molecule has 0 aliphatic carbocycles. The highest BCUT2D eigenvalue weighted by atomic mass is 19.4. The zero-order valence-corrected chi connectivity index (χ0v) is 17.4. The van der Waals surface area contributed by atoms with Crippen LogP contribution in [0.4, 0.5) is 24.7 Å². The molecular formula is C21H22F3N5O3. The zero-order valence-electron chi connectivity index (χ0n) is 17.4. The van der Waals surface area contributed by atoms with Gasteiger partial charge in [-0.25, -0.2) is 0 Å². The van der Waals surface area contributed by atoms with Crippen molar-refractivity contribution in [1.82, 2.24) is 19.7 Å². The fraction of sp³-hybridized carbons (Fsp3) is 0.381. The van der Waals surface area contributed by atoms with Gasteiger partial charge in [0, 0.05) is 37.6 Å². The van der Waals surface area contributed by atoms with Crippen molar-refractivity contribution in [3.05, 3.63) is 42.2 Å². The normalized spacial score (nSPS) is 14.9. The third-order valence-electron chi connectivity index (χ3n) is 5.03. The SMILES string of the molecule is COc1cccc(Nc2nn(CC(F)(F)F)c3cc(C(=O)N4CCCOCC4)ncc23)c1. The molecule has 2 aromatic heterocycles. The summed E-state index contributed by atoms with van der Waals surface area (Å²) in [6.07, 6.45) is -2.42. The van der Waals surface area contributed by atoms with Crippen molar-refractivity contribution >= 4 is 28.3 Å². The van der Waals surface area contributed by atoms with E-state index in [0.29, 0.717) is 49.5 Å². The fourth-order valence-corrected chi connectivity index (χ4v) is 3.52. The second-order valence-electron chi connectivity index (χ2n) is 7.32. The van der Waals surface area contributed by atoms with Crippen LogP contribution in [0.2, 0.25) is 0 Å². The molecule has 0 radical (unpaired) electrons. The lowest BCUT2D eigenvalue weighted by atomic mass is 10.2. The summed E-state index contributed by atoms with van der Waals surface area (Å²) >= 11 is 0.